The number of nitrogens with one attached hydrogen (secondary N) is 1. The van der Waals surface area contributed by atoms with Gasteiger partial charge >= 0.3 is 0 Å². The van der Waals surface area contributed by atoms with Gasteiger partial charge in [0.2, 0.25) is 11.7 Å². The predicted molar refractivity (Wildman–Crippen MR) is 74.4 cm³/mol. The smallest absolute Gasteiger partial charge is 0.227 e. The van der Waals surface area contributed by atoms with Crippen LogP contribution >= 0.6 is 0 Å². The zero-order chi connectivity index (χ0) is 13.8. The summed E-state index contributed by atoms with van der Waals surface area (Å²) in [6.45, 7) is 4.41. The summed E-state index contributed by atoms with van der Waals surface area (Å²) in [5.74, 6) is 1.32. The van der Waals surface area contributed by atoms with Crippen LogP contribution in [0.2, 0.25) is 0 Å². The van der Waals surface area contributed by atoms with Crippen molar-refractivity contribution in [3.63, 3.8) is 0 Å². The van der Waals surface area contributed by atoms with Crippen molar-refractivity contribution in [1.82, 2.24) is 15.5 Å². The van der Waals surface area contributed by atoms with E-state index in [1.807, 2.05) is 0 Å². The number of aromatic nitrogens is 2. The highest BCUT2D eigenvalue weighted by Gasteiger charge is 2.21. The fraction of sp³-hybridized carbons (Fsp3) is 0.467. The Morgan fingerprint density at radius 1 is 1.25 bits per heavy atom. The molecular formula is C15H19N3O2. The van der Waals surface area contributed by atoms with E-state index in [-0.39, 0.29) is 6.10 Å². The normalized spacial score (nSPS) is 19.1. The molecule has 0 bridgehead atoms. The lowest BCUT2D eigenvalue weighted by atomic mass is 10.1. The van der Waals surface area contributed by atoms with Gasteiger partial charge in [0.25, 0.3) is 0 Å². The second kappa shape index (κ2) is 6.15. The summed E-state index contributed by atoms with van der Waals surface area (Å²) in [4.78, 5) is 4.42. The minimum atomic E-state index is -0.0828. The Morgan fingerprint density at radius 3 is 2.85 bits per heavy atom. The van der Waals surface area contributed by atoms with Crippen LogP contribution in [0.15, 0.2) is 28.8 Å². The van der Waals surface area contributed by atoms with Crippen LogP contribution in [0.1, 0.15) is 28.9 Å². The minimum Gasteiger partial charge on any atom is -0.367 e. The van der Waals surface area contributed by atoms with Gasteiger partial charge in [-0.15, -0.1) is 0 Å². The molecule has 0 aliphatic carbocycles. The van der Waals surface area contributed by atoms with Gasteiger partial charge in [0.1, 0.15) is 6.10 Å². The second-order valence-corrected chi connectivity index (χ2v) is 5.10. The summed E-state index contributed by atoms with van der Waals surface area (Å²) in [6, 6.07) is 8.52. The number of morpholine rings is 1. The van der Waals surface area contributed by atoms with Crippen molar-refractivity contribution >= 4 is 0 Å². The maximum Gasteiger partial charge on any atom is 0.227 e. The van der Waals surface area contributed by atoms with Crippen molar-refractivity contribution in [2.24, 2.45) is 0 Å². The molecule has 1 unspecified atom stereocenters. The van der Waals surface area contributed by atoms with E-state index in [1.165, 1.54) is 11.1 Å². The fourth-order valence-electron chi connectivity index (χ4n) is 2.24. The second-order valence-electron chi connectivity index (χ2n) is 5.10. The quantitative estimate of drug-likeness (QED) is 0.920. The van der Waals surface area contributed by atoms with Crippen molar-refractivity contribution in [3.8, 4) is 0 Å². The van der Waals surface area contributed by atoms with Crippen LogP contribution in [-0.4, -0.2) is 29.8 Å². The molecule has 2 heterocycles. The van der Waals surface area contributed by atoms with E-state index in [0.717, 1.165) is 25.9 Å². The topological polar surface area (TPSA) is 60.2 Å². The highest BCUT2D eigenvalue weighted by molar-refractivity contribution is 5.21. The van der Waals surface area contributed by atoms with Gasteiger partial charge in [-0.05, 0) is 18.9 Å². The third-order valence-electron chi connectivity index (χ3n) is 3.45. The molecule has 20 heavy (non-hydrogen) atoms. The van der Waals surface area contributed by atoms with Crippen LogP contribution in [0.25, 0.3) is 0 Å². The highest BCUT2D eigenvalue weighted by Crippen LogP contribution is 2.16. The molecule has 0 saturated carbocycles. The predicted octanol–water partition coefficient (Wildman–Crippen LogP) is 1.82. The fourth-order valence-corrected chi connectivity index (χ4v) is 2.24. The lowest BCUT2D eigenvalue weighted by Crippen LogP contribution is -2.33. The number of rotatable bonds is 4. The molecule has 5 nitrogen and oxygen atoms in total. The van der Waals surface area contributed by atoms with Gasteiger partial charge in [-0.3, -0.25) is 0 Å². The largest absolute Gasteiger partial charge is 0.367 e. The Morgan fingerprint density at radius 2 is 2.10 bits per heavy atom. The van der Waals surface area contributed by atoms with E-state index in [4.69, 9.17) is 9.26 Å². The molecule has 1 N–H and O–H groups in total. The molecule has 1 fully saturated rings. The van der Waals surface area contributed by atoms with E-state index >= 15 is 0 Å². The van der Waals surface area contributed by atoms with Crippen LogP contribution in [0.4, 0.5) is 0 Å². The molecule has 1 aliphatic rings. The van der Waals surface area contributed by atoms with E-state index in [1.54, 1.807) is 0 Å². The lowest BCUT2D eigenvalue weighted by Gasteiger charge is -2.20. The van der Waals surface area contributed by atoms with Gasteiger partial charge in [-0.25, -0.2) is 0 Å². The number of ether oxygens (including phenoxy) is 1. The zero-order valence-corrected chi connectivity index (χ0v) is 11.6. The molecule has 3 rings (SSSR count). The first kappa shape index (κ1) is 13.3. The lowest BCUT2D eigenvalue weighted by molar-refractivity contribution is 0.0208. The average Bonchev–Trinajstić information content (AvgIpc) is 2.97. The van der Waals surface area contributed by atoms with Crippen molar-refractivity contribution in [1.29, 1.82) is 0 Å². The SMILES string of the molecule is Cc1ccc(CCc2nc(C3CNCCO3)no2)cc1. The maximum absolute atomic E-state index is 5.61. The van der Waals surface area contributed by atoms with E-state index in [0.29, 0.717) is 18.3 Å². The molecular weight excluding hydrogens is 254 g/mol. The van der Waals surface area contributed by atoms with Crippen LogP contribution in [0.3, 0.4) is 0 Å². The summed E-state index contributed by atoms with van der Waals surface area (Å²) in [6.07, 6.45) is 1.59. The van der Waals surface area contributed by atoms with Crippen LogP contribution in [0.5, 0.6) is 0 Å². The molecule has 1 aromatic heterocycles. The number of benzene rings is 1. The highest BCUT2D eigenvalue weighted by atomic mass is 16.5. The molecule has 106 valence electrons. The zero-order valence-electron chi connectivity index (χ0n) is 11.6. The summed E-state index contributed by atoms with van der Waals surface area (Å²) in [5, 5.41) is 7.27. The van der Waals surface area contributed by atoms with Gasteiger partial charge in [-0.2, -0.15) is 4.98 Å². The first-order valence-electron chi connectivity index (χ1n) is 7.01. The van der Waals surface area contributed by atoms with Gasteiger partial charge in [0.15, 0.2) is 0 Å². The monoisotopic (exact) mass is 273 g/mol. The van der Waals surface area contributed by atoms with E-state index in [9.17, 15) is 0 Å². The molecule has 1 aromatic carbocycles. The molecule has 1 aliphatic heterocycles. The molecule has 1 atom stereocenters. The summed E-state index contributed by atoms with van der Waals surface area (Å²) in [5.41, 5.74) is 2.56. The minimum absolute atomic E-state index is 0.0828. The molecule has 2 aromatic rings. The van der Waals surface area contributed by atoms with Crippen LogP contribution in [-0.2, 0) is 17.6 Å². The van der Waals surface area contributed by atoms with Gasteiger partial charge in [-0.1, -0.05) is 35.0 Å². The van der Waals surface area contributed by atoms with Gasteiger partial charge < -0.3 is 14.6 Å². The molecule has 0 spiro atoms. The van der Waals surface area contributed by atoms with E-state index in [2.05, 4.69) is 46.6 Å². The summed E-state index contributed by atoms with van der Waals surface area (Å²) >= 11 is 0. The Kier molecular flexibility index (Phi) is 4.08. The Labute approximate surface area is 118 Å². The summed E-state index contributed by atoms with van der Waals surface area (Å²) < 4.78 is 10.9. The van der Waals surface area contributed by atoms with Crippen molar-refractivity contribution in [2.45, 2.75) is 25.9 Å². The third-order valence-corrected chi connectivity index (χ3v) is 3.45. The number of hydrogen-bond acceptors (Lipinski definition) is 5. The first-order valence-corrected chi connectivity index (χ1v) is 7.01. The molecule has 0 radical (unpaired) electrons. The van der Waals surface area contributed by atoms with Crippen molar-refractivity contribution in [2.75, 3.05) is 19.7 Å². The molecule has 0 amide bonds. The molecule has 1 saturated heterocycles. The third kappa shape index (κ3) is 3.23. The van der Waals surface area contributed by atoms with Crippen molar-refractivity contribution < 1.29 is 9.26 Å². The number of hydrogen-bond donors (Lipinski definition) is 1. The first-order chi connectivity index (χ1) is 9.81. The standard InChI is InChI=1S/C15H19N3O2/c1-11-2-4-12(5-3-11)6-7-14-17-15(18-20-14)13-10-16-8-9-19-13/h2-5,13,16H,6-10H2,1H3. The van der Waals surface area contributed by atoms with Crippen LogP contribution in [0, 0.1) is 6.92 Å². The Hall–Kier alpha value is -1.72. The number of nitrogens with zero attached hydrogens (tertiary/aromatic N) is 2. The molecule has 5 heteroatoms. The Balaban J connectivity index is 1.58. The van der Waals surface area contributed by atoms with Gasteiger partial charge in [0, 0.05) is 19.5 Å². The Bertz CT molecular complexity index is 545. The van der Waals surface area contributed by atoms with Crippen molar-refractivity contribution in [3.05, 3.63) is 47.1 Å². The van der Waals surface area contributed by atoms with E-state index < -0.39 is 0 Å². The average molecular weight is 273 g/mol. The number of aryl methyl sites for hydroxylation is 3. The summed E-state index contributed by atoms with van der Waals surface area (Å²) in [7, 11) is 0. The van der Waals surface area contributed by atoms with Gasteiger partial charge in [0.05, 0.1) is 6.61 Å². The maximum atomic E-state index is 5.61. The van der Waals surface area contributed by atoms with Crippen LogP contribution < -0.4 is 5.32 Å².